The first kappa shape index (κ1) is 19.3. The minimum atomic E-state index is -0.444. The molecule has 0 bridgehead atoms. The summed E-state index contributed by atoms with van der Waals surface area (Å²) in [4.78, 5) is 0. The Morgan fingerprint density at radius 2 is 1.92 bits per heavy atom. The van der Waals surface area contributed by atoms with Crippen LogP contribution in [0.3, 0.4) is 0 Å². The number of fused-ring (bicyclic) bond motifs is 1. The van der Waals surface area contributed by atoms with Crippen molar-refractivity contribution in [2.75, 3.05) is 0 Å². The molecule has 132 valence electrons. The Bertz CT molecular complexity index is 792. The van der Waals surface area contributed by atoms with Crippen molar-refractivity contribution in [1.82, 2.24) is 0 Å². The molecule has 25 heavy (non-hydrogen) atoms. The molecule has 3 N–H and O–H groups in total. The van der Waals surface area contributed by atoms with E-state index in [1.54, 1.807) is 6.07 Å². The number of halogens is 1. The number of rotatable bonds is 4. The van der Waals surface area contributed by atoms with Gasteiger partial charge in [-0.15, -0.1) is 19.0 Å². The third kappa shape index (κ3) is 3.97. The maximum absolute atomic E-state index is 9.98. The molecule has 0 spiro atoms. The fourth-order valence-electron chi connectivity index (χ4n) is 3.71. The quantitative estimate of drug-likeness (QED) is 0.736. The Hall–Kier alpha value is -2.03. The van der Waals surface area contributed by atoms with Crippen molar-refractivity contribution >= 4 is 18.0 Å². The van der Waals surface area contributed by atoms with Crippen LogP contribution in [0.4, 0.5) is 0 Å². The lowest BCUT2D eigenvalue weighted by molar-refractivity contribution is 0.475. The lowest BCUT2D eigenvalue weighted by atomic mass is 9.80. The highest BCUT2D eigenvalue weighted by molar-refractivity contribution is 5.86. The fraction of sp³-hybridized carbons (Fsp3) is 0.273. The number of phenolic OH excluding ortho intramolecular Hbond substituents is 1. The topological polar surface area (TPSA) is 46.2 Å². The van der Waals surface area contributed by atoms with Gasteiger partial charge in [0.2, 0.25) is 0 Å². The first-order valence-electron chi connectivity index (χ1n) is 8.54. The van der Waals surface area contributed by atoms with Gasteiger partial charge in [-0.05, 0) is 72.6 Å². The Labute approximate surface area is 156 Å². The molecule has 0 aromatic heterocycles. The van der Waals surface area contributed by atoms with Crippen LogP contribution < -0.4 is 5.73 Å². The molecule has 0 radical (unpaired) electrons. The maximum Gasteiger partial charge on any atom is 0.116 e. The first-order chi connectivity index (χ1) is 11.5. The zero-order chi connectivity index (χ0) is 17.2. The molecule has 0 saturated carbocycles. The van der Waals surface area contributed by atoms with Crippen LogP contribution in [0.25, 0.3) is 5.57 Å². The van der Waals surface area contributed by atoms with Crippen molar-refractivity contribution in [2.24, 2.45) is 5.73 Å². The molecule has 2 nitrogen and oxygen atoms in total. The van der Waals surface area contributed by atoms with Crippen LogP contribution in [-0.2, 0) is 6.42 Å². The third-order valence-electron chi connectivity index (χ3n) is 4.85. The molecular formula is C22H26ClNO. The highest BCUT2D eigenvalue weighted by Gasteiger charge is 2.29. The highest BCUT2D eigenvalue weighted by Crippen LogP contribution is 2.40. The van der Waals surface area contributed by atoms with Gasteiger partial charge in [-0.25, -0.2) is 0 Å². The van der Waals surface area contributed by atoms with Crippen LogP contribution in [0.1, 0.15) is 42.9 Å². The fourth-order valence-corrected chi connectivity index (χ4v) is 3.71. The van der Waals surface area contributed by atoms with E-state index in [4.69, 9.17) is 5.73 Å². The van der Waals surface area contributed by atoms with Gasteiger partial charge in [-0.1, -0.05) is 42.5 Å². The maximum atomic E-state index is 9.98. The Morgan fingerprint density at radius 1 is 1.16 bits per heavy atom. The Kier molecular flexibility index (Phi) is 6.10. The van der Waals surface area contributed by atoms with Gasteiger partial charge < -0.3 is 10.8 Å². The van der Waals surface area contributed by atoms with E-state index in [-0.39, 0.29) is 18.2 Å². The van der Waals surface area contributed by atoms with Crippen LogP contribution in [0, 0.1) is 0 Å². The van der Waals surface area contributed by atoms with Gasteiger partial charge in [-0.2, -0.15) is 0 Å². The molecular weight excluding hydrogens is 330 g/mol. The summed E-state index contributed by atoms with van der Waals surface area (Å²) in [6.07, 6.45) is 5.71. The van der Waals surface area contributed by atoms with Crippen LogP contribution >= 0.6 is 12.4 Å². The number of aryl methyl sites for hydroxylation is 1. The smallest absolute Gasteiger partial charge is 0.116 e. The minimum Gasteiger partial charge on any atom is -0.508 e. The number of hydrogen-bond donors (Lipinski definition) is 2. The molecule has 3 rings (SSSR count). The van der Waals surface area contributed by atoms with Gasteiger partial charge in [0.1, 0.15) is 5.75 Å². The predicted molar refractivity (Wildman–Crippen MR) is 108 cm³/mol. The van der Waals surface area contributed by atoms with Crippen molar-refractivity contribution in [3.63, 3.8) is 0 Å². The zero-order valence-electron chi connectivity index (χ0n) is 14.7. The van der Waals surface area contributed by atoms with Crippen molar-refractivity contribution in [3.05, 3.63) is 83.4 Å². The average Bonchev–Trinajstić information content (AvgIpc) is 2.74. The van der Waals surface area contributed by atoms with Crippen LogP contribution in [0.15, 0.2) is 66.8 Å². The SMILES string of the molecule is C=CCC(C)(N)C1=C(c2cccc(O)c2)c2ccccc2CCC1.Cl. The molecule has 0 amide bonds. The molecule has 0 heterocycles. The van der Waals surface area contributed by atoms with Crippen molar-refractivity contribution in [3.8, 4) is 5.75 Å². The zero-order valence-corrected chi connectivity index (χ0v) is 15.5. The summed E-state index contributed by atoms with van der Waals surface area (Å²) in [6, 6.07) is 16.0. The van der Waals surface area contributed by atoms with E-state index in [2.05, 4.69) is 43.8 Å². The van der Waals surface area contributed by atoms with Crippen LogP contribution in [0.2, 0.25) is 0 Å². The molecule has 3 heteroatoms. The molecule has 0 saturated heterocycles. The molecule has 1 unspecified atom stereocenters. The van der Waals surface area contributed by atoms with E-state index in [0.717, 1.165) is 31.2 Å². The normalized spacial score (nSPS) is 16.2. The van der Waals surface area contributed by atoms with Gasteiger partial charge in [-0.3, -0.25) is 0 Å². The van der Waals surface area contributed by atoms with E-state index >= 15 is 0 Å². The van der Waals surface area contributed by atoms with Gasteiger partial charge in [0.25, 0.3) is 0 Å². The summed E-state index contributed by atoms with van der Waals surface area (Å²) in [7, 11) is 0. The van der Waals surface area contributed by atoms with Crippen LogP contribution in [0.5, 0.6) is 5.75 Å². The summed E-state index contributed by atoms with van der Waals surface area (Å²) in [5, 5.41) is 9.98. The van der Waals surface area contributed by atoms with Crippen LogP contribution in [-0.4, -0.2) is 10.6 Å². The van der Waals surface area contributed by atoms with Crippen molar-refractivity contribution in [1.29, 1.82) is 0 Å². The second-order valence-corrected chi connectivity index (χ2v) is 6.82. The monoisotopic (exact) mass is 355 g/mol. The minimum absolute atomic E-state index is 0. The largest absolute Gasteiger partial charge is 0.508 e. The molecule has 0 fully saturated rings. The summed E-state index contributed by atoms with van der Waals surface area (Å²) in [5.41, 5.74) is 12.3. The Morgan fingerprint density at radius 3 is 2.64 bits per heavy atom. The number of hydrogen-bond acceptors (Lipinski definition) is 2. The number of aromatic hydroxyl groups is 1. The molecule has 2 aromatic rings. The van der Waals surface area contributed by atoms with E-state index < -0.39 is 5.54 Å². The molecule has 1 aliphatic carbocycles. The number of nitrogens with two attached hydrogens (primary N) is 1. The predicted octanol–water partition coefficient (Wildman–Crippen LogP) is 5.25. The summed E-state index contributed by atoms with van der Waals surface area (Å²) < 4.78 is 0. The van der Waals surface area contributed by atoms with Gasteiger partial charge >= 0.3 is 0 Å². The van der Waals surface area contributed by atoms with E-state index in [1.807, 2.05) is 18.2 Å². The third-order valence-corrected chi connectivity index (χ3v) is 4.85. The lowest BCUT2D eigenvalue weighted by Gasteiger charge is -2.30. The first-order valence-corrected chi connectivity index (χ1v) is 8.54. The van der Waals surface area contributed by atoms with E-state index in [9.17, 15) is 5.11 Å². The summed E-state index contributed by atoms with van der Waals surface area (Å²) >= 11 is 0. The summed E-state index contributed by atoms with van der Waals surface area (Å²) in [5.74, 6) is 0.281. The molecule has 1 atom stereocenters. The Balaban J connectivity index is 0.00000225. The van der Waals surface area contributed by atoms with E-state index in [0.29, 0.717) is 0 Å². The van der Waals surface area contributed by atoms with Gasteiger partial charge in [0, 0.05) is 5.54 Å². The average molecular weight is 356 g/mol. The second kappa shape index (κ2) is 7.90. The lowest BCUT2D eigenvalue weighted by Crippen LogP contribution is -2.38. The summed E-state index contributed by atoms with van der Waals surface area (Å²) in [6.45, 7) is 5.96. The number of phenols is 1. The van der Waals surface area contributed by atoms with Crippen molar-refractivity contribution in [2.45, 2.75) is 38.1 Å². The van der Waals surface area contributed by atoms with Gasteiger partial charge in [0.05, 0.1) is 0 Å². The van der Waals surface area contributed by atoms with E-state index in [1.165, 1.54) is 22.3 Å². The number of benzene rings is 2. The highest BCUT2D eigenvalue weighted by atomic mass is 35.5. The van der Waals surface area contributed by atoms with Gasteiger partial charge in [0.15, 0.2) is 0 Å². The standard InChI is InChI=1S/C22H25NO.ClH/c1-3-14-22(2,23)20-13-7-9-16-8-4-5-12-19(16)21(20)17-10-6-11-18(24)15-17;/h3-6,8,10-12,15,24H,1,7,9,13-14,23H2,2H3;1H. The second-order valence-electron chi connectivity index (χ2n) is 6.82. The molecule has 2 aromatic carbocycles. The van der Waals surface area contributed by atoms with Crippen molar-refractivity contribution < 1.29 is 5.11 Å². The molecule has 0 aliphatic heterocycles. The molecule has 1 aliphatic rings.